The van der Waals surface area contributed by atoms with E-state index in [1.807, 2.05) is 76.2 Å². The van der Waals surface area contributed by atoms with Crippen molar-refractivity contribution in [1.29, 1.82) is 0 Å². The molecule has 1 aliphatic rings. The Morgan fingerprint density at radius 2 is 1.55 bits per heavy atom. The van der Waals surface area contributed by atoms with Crippen LogP contribution in [0.2, 0.25) is 0 Å². The number of halogens is 1. The van der Waals surface area contributed by atoms with Gasteiger partial charge in [-0.2, -0.15) is 0 Å². The van der Waals surface area contributed by atoms with Crippen molar-refractivity contribution in [3.8, 4) is 0 Å². The second-order valence-corrected chi connectivity index (χ2v) is 24.0. The molecule has 16 heteroatoms. The first-order valence-electron chi connectivity index (χ1n) is 24.8. The average molecular weight is 1060 g/mol. The highest BCUT2D eigenvalue weighted by atomic mass is 79.9. The predicted molar refractivity (Wildman–Crippen MR) is 287 cm³/mol. The van der Waals surface area contributed by atoms with Crippen LogP contribution in [-0.4, -0.2) is 88.0 Å². The van der Waals surface area contributed by atoms with Gasteiger partial charge in [-0.25, -0.2) is 9.78 Å². The summed E-state index contributed by atoms with van der Waals surface area (Å²) in [5, 5.41) is 17.6. The normalized spacial score (nSPS) is 17.7. The summed E-state index contributed by atoms with van der Waals surface area (Å²) in [6, 6.07) is 12.6. The Balaban J connectivity index is 1.56. The largest absolute Gasteiger partial charge is 0.444 e. The number of carbonyl (C=O) groups is 5. The predicted octanol–water partition coefficient (Wildman–Crippen LogP) is 9.99. The Labute approximate surface area is 434 Å². The molecule has 0 saturated heterocycles. The molecule has 2 aromatic heterocycles. The highest BCUT2D eigenvalue weighted by Crippen LogP contribution is 2.38. The van der Waals surface area contributed by atoms with Crippen molar-refractivity contribution in [2.75, 3.05) is 20.1 Å². The lowest BCUT2D eigenvalue weighted by Crippen LogP contribution is -2.57. The van der Waals surface area contributed by atoms with Crippen LogP contribution in [0, 0.1) is 17.8 Å². The molecule has 14 nitrogen and oxygen atoms in total. The number of likely N-dealkylation sites (N-methyl/N-ethyl adjacent to an activating group) is 1. The van der Waals surface area contributed by atoms with Crippen molar-refractivity contribution in [2.45, 2.75) is 167 Å². The zero-order chi connectivity index (χ0) is 52.3. The molecule has 0 saturated carbocycles. The molecule has 5 rings (SSSR count). The van der Waals surface area contributed by atoms with E-state index in [0.29, 0.717) is 57.3 Å². The van der Waals surface area contributed by atoms with E-state index in [2.05, 4.69) is 69.9 Å². The van der Waals surface area contributed by atoms with E-state index in [4.69, 9.17) is 9.72 Å². The van der Waals surface area contributed by atoms with Crippen molar-refractivity contribution in [3.05, 3.63) is 99.9 Å². The van der Waals surface area contributed by atoms with Crippen molar-refractivity contribution in [2.24, 2.45) is 10.8 Å². The van der Waals surface area contributed by atoms with Gasteiger partial charge < -0.3 is 36.2 Å². The van der Waals surface area contributed by atoms with E-state index >= 15 is 4.79 Å². The molecule has 1 aliphatic heterocycles. The maximum Gasteiger partial charge on any atom is 0.407 e. The summed E-state index contributed by atoms with van der Waals surface area (Å²) in [6.45, 7) is 25.5. The van der Waals surface area contributed by atoms with Crippen molar-refractivity contribution in [1.82, 2.24) is 41.0 Å². The highest BCUT2D eigenvalue weighted by molar-refractivity contribution is 9.10. The van der Waals surface area contributed by atoms with Crippen LogP contribution in [0.1, 0.15) is 134 Å². The fraction of sp³-hybridized carbons (Fsp3) is 0.527. The van der Waals surface area contributed by atoms with Crippen LogP contribution in [0.4, 0.5) is 4.79 Å². The third-order valence-corrected chi connectivity index (χ3v) is 14.1. The van der Waals surface area contributed by atoms with Gasteiger partial charge in [0.2, 0.25) is 23.6 Å². The van der Waals surface area contributed by atoms with E-state index in [1.165, 1.54) is 16.7 Å². The molecule has 0 aliphatic carbocycles. The van der Waals surface area contributed by atoms with Gasteiger partial charge in [-0.3, -0.25) is 23.7 Å². The van der Waals surface area contributed by atoms with Crippen molar-refractivity contribution < 1.29 is 28.7 Å². The van der Waals surface area contributed by atoms with E-state index < -0.39 is 41.6 Å². The lowest BCUT2D eigenvalue weighted by molar-refractivity contribution is -0.142. The summed E-state index contributed by atoms with van der Waals surface area (Å²) in [5.74, 6) is -1.29. The lowest BCUT2D eigenvalue weighted by atomic mass is 9.91. The first kappa shape index (κ1) is 56.7. The van der Waals surface area contributed by atoms with Gasteiger partial charge in [0, 0.05) is 78.9 Å². The molecule has 2 aromatic carbocycles. The summed E-state index contributed by atoms with van der Waals surface area (Å²) in [6.07, 6.45) is 6.44. The van der Waals surface area contributed by atoms with Gasteiger partial charge in [0.15, 0.2) is 0 Å². The van der Waals surface area contributed by atoms with Crippen LogP contribution >= 0.6 is 27.7 Å². The van der Waals surface area contributed by atoms with Gasteiger partial charge in [-0.15, -0.1) is 0 Å². The summed E-state index contributed by atoms with van der Waals surface area (Å²) in [5.41, 5.74) is 4.22. The van der Waals surface area contributed by atoms with Gasteiger partial charge in [-0.05, 0) is 118 Å². The summed E-state index contributed by atoms with van der Waals surface area (Å²) in [4.78, 5) is 78.4. The molecule has 3 heterocycles. The molecule has 4 amide bonds. The molecule has 0 radical (unpaired) electrons. The zero-order valence-corrected chi connectivity index (χ0v) is 46.2. The molecule has 386 valence electrons. The monoisotopic (exact) mass is 1060 g/mol. The number of allylic oxidation sites excluding steroid dienone is 1. The number of hydrogen-bond donors (Lipinski definition) is 5. The smallest absolute Gasteiger partial charge is 0.407 e. The maximum absolute atomic E-state index is 15.2. The van der Waals surface area contributed by atoms with Gasteiger partial charge >= 0.3 is 6.09 Å². The number of carbonyl (C=O) groups excluding carboxylic acids is 5. The van der Waals surface area contributed by atoms with Crippen molar-refractivity contribution >= 4 is 68.3 Å². The molecule has 4 aromatic rings. The number of rotatable bonds is 14. The molecule has 0 fully saturated rings. The van der Waals surface area contributed by atoms with E-state index in [0.717, 1.165) is 54.2 Å². The fourth-order valence-corrected chi connectivity index (χ4v) is 10.3. The minimum absolute atomic E-state index is 0.0618. The Kier molecular flexibility index (Phi) is 19.9. The average Bonchev–Trinajstić information content (AvgIpc) is 3.64. The molecular formula is C55H77BrN8O6S. The SMILES string of the molecule is C=C(CC(C)(C)C)NCCCC1NCc2cccnc2Sc2c(C)ccc(Br)c2CNC(=O)C(Cc2cn(C(=O)CC(C)(C)C)c3ccccc23)N(C)C(=O)C(CCCCNC(=O)OC(C)(C)C)NC1=O. The molecular weight excluding hydrogens is 981 g/mol. The standard InChI is InChI=1S/C55H77BrN8O6S/c1-35-24-25-41(56)40-33-61-49(67)45(29-38-34-64(46(65)31-54(6,7)8)44-23-14-13-20-39(38)44)63(12)51(68)43(21-15-16-26-59-52(69)70-55(9,10)11)62-48(66)42(22-18-27-57-36(2)30-53(3,4)5)60-32-37-19-17-28-58-50(37)71-47(35)40/h13-14,17,19-20,23-25,28,34,42-43,45,57,60H,2,15-16,18,21-22,26-27,29-33H2,1,3-12H3,(H,59,69)(H,61,67)(H,62,66). The second kappa shape index (κ2) is 25.0. The number of para-hydroxylation sites is 1. The van der Waals surface area contributed by atoms with Gasteiger partial charge in [0.1, 0.15) is 22.7 Å². The number of fused-ring (bicyclic) bond motifs is 3. The number of aryl methyl sites for hydroxylation is 1. The van der Waals surface area contributed by atoms with Gasteiger partial charge in [0.25, 0.3) is 0 Å². The Hall–Kier alpha value is -5.19. The third-order valence-electron chi connectivity index (χ3n) is 12.0. The van der Waals surface area contributed by atoms with Crippen LogP contribution in [0.3, 0.4) is 0 Å². The van der Waals surface area contributed by atoms with E-state index in [9.17, 15) is 19.2 Å². The van der Waals surface area contributed by atoms with Crippen LogP contribution in [0.5, 0.6) is 0 Å². The Morgan fingerprint density at radius 1 is 0.859 bits per heavy atom. The Bertz CT molecular complexity index is 2540. The minimum atomic E-state index is -1.06. The second-order valence-electron chi connectivity index (χ2n) is 22.1. The first-order chi connectivity index (χ1) is 33.3. The number of aromatic nitrogens is 2. The summed E-state index contributed by atoms with van der Waals surface area (Å²) < 4.78 is 7.88. The number of benzene rings is 2. The lowest BCUT2D eigenvalue weighted by Gasteiger charge is -2.32. The van der Waals surface area contributed by atoms with Gasteiger partial charge in [0.05, 0.1) is 11.6 Å². The number of amides is 4. The van der Waals surface area contributed by atoms with Gasteiger partial charge in [-0.1, -0.05) is 106 Å². The highest BCUT2D eigenvalue weighted by Gasteiger charge is 2.35. The van der Waals surface area contributed by atoms with Crippen LogP contribution < -0.4 is 26.6 Å². The first-order valence-corrected chi connectivity index (χ1v) is 26.4. The number of nitrogens with one attached hydrogen (secondary N) is 5. The molecule has 3 unspecified atom stereocenters. The van der Waals surface area contributed by atoms with Crippen LogP contribution in [-0.2, 0) is 38.6 Å². The quantitative estimate of drug-likeness (QED) is 0.0765. The van der Waals surface area contributed by atoms with Crippen LogP contribution in [0.25, 0.3) is 10.9 Å². The minimum Gasteiger partial charge on any atom is -0.444 e. The number of hydrogen-bond acceptors (Lipinski definition) is 10. The van der Waals surface area contributed by atoms with Crippen molar-refractivity contribution in [3.63, 3.8) is 0 Å². The summed E-state index contributed by atoms with van der Waals surface area (Å²) in [7, 11) is 1.60. The summed E-state index contributed by atoms with van der Waals surface area (Å²) >= 11 is 5.28. The number of nitrogens with zero attached hydrogens (tertiary/aromatic N) is 3. The molecule has 0 bridgehead atoms. The van der Waals surface area contributed by atoms with Crippen LogP contribution in [0.15, 0.2) is 87.6 Å². The number of unbranched alkanes of at least 4 members (excludes halogenated alkanes) is 1. The van der Waals surface area contributed by atoms with E-state index in [-0.39, 0.29) is 42.0 Å². The number of alkyl carbamates (subject to hydrolysis) is 1. The Morgan fingerprint density at radius 3 is 2.25 bits per heavy atom. The zero-order valence-electron chi connectivity index (χ0n) is 43.8. The molecule has 0 spiro atoms. The molecule has 5 N–H and O–H groups in total. The molecule has 3 atom stereocenters. The molecule has 71 heavy (non-hydrogen) atoms. The maximum atomic E-state index is 15.2. The number of pyridine rings is 1. The topological polar surface area (TPSA) is 176 Å². The third kappa shape index (κ3) is 17.2. The van der Waals surface area contributed by atoms with E-state index in [1.54, 1.807) is 44.8 Å². The fourth-order valence-electron chi connectivity index (χ4n) is 8.58. The number of ether oxygens (including phenoxy) is 1.